The Hall–Kier alpha value is -0.220. The fraction of sp³-hybridized carbons (Fsp3) is 0.933. The third-order valence-corrected chi connectivity index (χ3v) is 5.73. The van der Waals surface area contributed by atoms with Crippen molar-refractivity contribution in [3.8, 4) is 0 Å². The lowest BCUT2D eigenvalue weighted by atomic mass is 9.99. The van der Waals surface area contributed by atoms with Crippen molar-refractivity contribution in [3.63, 3.8) is 0 Å². The number of carbonyl (C=O) groups is 1. The van der Waals surface area contributed by atoms with Crippen LogP contribution in [0.15, 0.2) is 0 Å². The van der Waals surface area contributed by atoms with Gasteiger partial charge in [-0.15, -0.1) is 0 Å². The molecule has 0 radical (unpaired) electrons. The molecule has 1 amide bonds. The molecule has 2 aliphatic heterocycles. The van der Waals surface area contributed by atoms with E-state index in [0.717, 1.165) is 25.0 Å². The van der Waals surface area contributed by atoms with Crippen LogP contribution in [0, 0.1) is 5.92 Å². The molecule has 2 heterocycles. The van der Waals surface area contributed by atoms with Gasteiger partial charge in [0.2, 0.25) is 5.91 Å². The molecule has 110 valence electrons. The lowest BCUT2D eigenvalue weighted by Crippen LogP contribution is -2.47. The molecule has 2 saturated heterocycles. The predicted molar refractivity (Wildman–Crippen MR) is 82.3 cm³/mol. The highest BCUT2D eigenvalue weighted by Gasteiger charge is 2.43. The molecule has 0 aromatic heterocycles. The van der Waals surface area contributed by atoms with Crippen molar-refractivity contribution < 1.29 is 4.79 Å². The van der Waals surface area contributed by atoms with Crippen molar-refractivity contribution in [3.05, 3.63) is 0 Å². The Labute approximate surface area is 121 Å². The van der Waals surface area contributed by atoms with Gasteiger partial charge in [0, 0.05) is 11.8 Å². The Morgan fingerprint density at radius 3 is 2.84 bits per heavy atom. The van der Waals surface area contributed by atoms with Crippen LogP contribution in [-0.4, -0.2) is 40.6 Å². The molecule has 4 unspecified atom stereocenters. The van der Waals surface area contributed by atoms with Crippen LogP contribution in [0.5, 0.6) is 0 Å². The molecule has 0 aromatic carbocycles. The van der Waals surface area contributed by atoms with Crippen molar-refractivity contribution >= 4 is 17.7 Å². The Kier molecular flexibility index (Phi) is 5.58. The van der Waals surface area contributed by atoms with Crippen LogP contribution in [-0.2, 0) is 4.79 Å². The summed E-state index contributed by atoms with van der Waals surface area (Å²) in [5.41, 5.74) is 0. The van der Waals surface area contributed by atoms with Gasteiger partial charge >= 0.3 is 0 Å². The molecule has 3 nitrogen and oxygen atoms in total. The van der Waals surface area contributed by atoms with Crippen molar-refractivity contribution in [2.24, 2.45) is 5.92 Å². The van der Waals surface area contributed by atoms with E-state index in [9.17, 15) is 4.79 Å². The molecule has 2 aliphatic rings. The van der Waals surface area contributed by atoms with E-state index in [-0.39, 0.29) is 12.2 Å². The maximum Gasteiger partial charge on any atom is 0.241 e. The van der Waals surface area contributed by atoms with Crippen LogP contribution in [0.25, 0.3) is 0 Å². The van der Waals surface area contributed by atoms with Gasteiger partial charge in [-0.05, 0) is 30.9 Å². The summed E-state index contributed by atoms with van der Waals surface area (Å²) in [6.45, 7) is 6.57. The quantitative estimate of drug-likeness (QED) is 0.842. The van der Waals surface area contributed by atoms with Crippen molar-refractivity contribution in [1.82, 2.24) is 10.2 Å². The molecule has 0 saturated carbocycles. The minimum atomic E-state index is 0.0495. The molecule has 0 bridgehead atoms. The van der Waals surface area contributed by atoms with Gasteiger partial charge in [-0.3, -0.25) is 10.1 Å². The zero-order valence-corrected chi connectivity index (χ0v) is 13.3. The molecule has 1 N–H and O–H groups in total. The van der Waals surface area contributed by atoms with Gasteiger partial charge < -0.3 is 4.90 Å². The van der Waals surface area contributed by atoms with E-state index in [0.29, 0.717) is 17.9 Å². The van der Waals surface area contributed by atoms with E-state index in [2.05, 4.69) is 31.0 Å². The van der Waals surface area contributed by atoms with E-state index < -0.39 is 0 Å². The second-order valence-corrected chi connectivity index (χ2v) is 7.10. The van der Waals surface area contributed by atoms with Crippen LogP contribution in [0.3, 0.4) is 0 Å². The van der Waals surface area contributed by atoms with Gasteiger partial charge in [-0.2, -0.15) is 11.8 Å². The third-order valence-electron chi connectivity index (χ3n) is 4.53. The maximum absolute atomic E-state index is 12.7. The van der Waals surface area contributed by atoms with Crippen LogP contribution in [0.2, 0.25) is 0 Å². The summed E-state index contributed by atoms with van der Waals surface area (Å²) in [4.78, 5) is 14.9. The molecule has 2 rings (SSSR count). The lowest BCUT2D eigenvalue weighted by molar-refractivity contribution is -0.132. The fourth-order valence-corrected chi connectivity index (χ4v) is 4.33. The number of nitrogens with zero attached hydrogens (tertiary/aromatic N) is 1. The Morgan fingerprint density at radius 1 is 1.47 bits per heavy atom. The third kappa shape index (κ3) is 3.27. The summed E-state index contributed by atoms with van der Waals surface area (Å²) < 4.78 is 0. The van der Waals surface area contributed by atoms with E-state index in [1.165, 1.54) is 18.6 Å². The first-order chi connectivity index (χ1) is 9.19. The number of nitrogens with one attached hydrogen (secondary N) is 1. The highest BCUT2D eigenvalue weighted by atomic mass is 32.2. The normalized spacial score (nSPS) is 33.7. The highest BCUT2D eigenvalue weighted by molar-refractivity contribution is 7.99. The second kappa shape index (κ2) is 6.98. The summed E-state index contributed by atoms with van der Waals surface area (Å²) in [6, 6.07) is 0.512. The fourth-order valence-electron chi connectivity index (χ4n) is 3.19. The zero-order valence-electron chi connectivity index (χ0n) is 12.5. The van der Waals surface area contributed by atoms with Crippen LogP contribution < -0.4 is 5.32 Å². The average molecular weight is 284 g/mol. The Morgan fingerprint density at radius 2 is 2.26 bits per heavy atom. The monoisotopic (exact) mass is 284 g/mol. The Bertz CT molecular complexity index is 305. The van der Waals surface area contributed by atoms with Crippen molar-refractivity contribution in [1.29, 1.82) is 0 Å². The van der Waals surface area contributed by atoms with Crippen LogP contribution in [0.1, 0.15) is 52.9 Å². The maximum atomic E-state index is 12.7. The molecular weight excluding hydrogens is 256 g/mol. The minimum absolute atomic E-state index is 0.0495. The number of carbonyl (C=O) groups excluding carboxylic acids is 1. The van der Waals surface area contributed by atoms with Crippen molar-refractivity contribution in [2.45, 2.75) is 71.1 Å². The first kappa shape index (κ1) is 15.2. The largest absolute Gasteiger partial charge is 0.322 e. The molecule has 0 aliphatic carbocycles. The van der Waals surface area contributed by atoms with Gasteiger partial charge in [0.25, 0.3) is 0 Å². The number of hydrogen-bond acceptors (Lipinski definition) is 3. The predicted octanol–water partition coefficient (Wildman–Crippen LogP) is 2.85. The second-order valence-electron chi connectivity index (χ2n) is 5.95. The minimum Gasteiger partial charge on any atom is -0.322 e. The summed E-state index contributed by atoms with van der Waals surface area (Å²) in [5.74, 6) is 3.19. The smallest absolute Gasteiger partial charge is 0.241 e. The van der Waals surface area contributed by atoms with Gasteiger partial charge in [-0.25, -0.2) is 0 Å². The number of rotatable bonds is 5. The van der Waals surface area contributed by atoms with Crippen LogP contribution >= 0.6 is 11.8 Å². The van der Waals surface area contributed by atoms with E-state index in [1.54, 1.807) is 0 Å². The molecule has 0 spiro atoms. The first-order valence-corrected chi connectivity index (χ1v) is 9.00. The summed E-state index contributed by atoms with van der Waals surface area (Å²) in [5, 5.41) is 3.61. The topological polar surface area (TPSA) is 32.3 Å². The molecule has 4 atom stereocenters. The molecule has 19 heavy (non-hydrogen) atoms. The summed E-state index contributed by atoms with van der Waals surface area (Å²) in [7, 11) is 0. The van der Waals surface area contributed by atoms with Gasteiger partial charge in [0.1, 0.15) is 0 Å². The lowest BCUT2D eigenvalue weighted by Gasteiger charge is -2.35. The average Bonchev–Trinajstić information content (AvgIpc) is 2.76. The number of hydrogen-bond donors (Lipinski definition) is 1. The highest BCUT2D eigenvalue weighted by Crippen LogP contribution is 2.29. The van der Waals surface area contributed by atoms with Gasteiger partial charge in [0.15, 0.2) is 0 Å². The standard InChI is InChI=1S/C15H28N2OS/c1-4-7-13-16-14(11(3)5-2)15(18)17(13)12-8-6-9-19-10-12/h11-14,16H,4-10H2,1-3H3. The summed E-state index contributed by atoms with van der Waals surface area (Å²) in [6.07, 6.45) is 6.00. The summed E-state index contributed by atoms with van der Waals surface area (Å²) >= 11 is 2.01. The number of thioether (sulfide) groups is 1. The molecular formula is C15H28N2OS. The SMILES string of the molecule is CCCC1NC(C(C)CC)C(=O)N1C1CCCSC1. The van der Waals surface area contributed by atoms with E-state index in [4.69, 9.17) is 0 Å². The van der Waals surface area contributed by atoms with E-state index >= 15 is 0 Å². The number of amides is 1. The van der Waals surface area contributed by atoms with Gasteiger partial charge in [0.05, 0.1) is 12.2 Å². The van der Waals surface area contributed by atoms with Crippen molar-refractivity contribution in [2.75, 3.05) is 11.5 Å². The molecule has 2 fully saturated rings. The molecule has 0 aromatic rings. The zero-order chi connectivity index (χ0) is 13.8. The van der Waals surface area contributed by atoms with Crippen LogP contribution in [0.4, 0.5) is 0 Å². The molecule has 4 heteroatoms. The van der Waals surface area contributed by atoms with Gasteiger partial charge in [-0.1, -0.05) is 33.6 Å². The Balaban J connectivity index is 2.10. The van der Waals surface area contributed by atoms with E-state index in [1.807, 2.05) is 11.8 Å². The first-order valence-electron chi connectivity index (χ1n) is 7.85.